The molecule has 156 valence electrons. The number of rotatable bonds is 9. The van der Waals surface area contributed by atoms with Gasteiger partial charge in [0.15, 0.2) is 5.11 Å². The van der Waals surface area contributed by atoms with Gasteiger partial charge in [0.05, 0.1) is 12.8 Å². The van der Waals surface area contributed by atoms with Crippen LogP contribution in [0.3, 0.4) is 0 Å². The van der Waals surface area contributed by atoms with Crippen molar-refractivity contribution in [2.24, 2.45) is 0 Å². The zero-order chi connectivity index (χ0) is 21.2. The molecule has 2 aromatic carbocycles. The van der Waals surface area contributed by atoms with Gasteiger partial charge in [0.1, 0.15) is 5.75 Å². The van der Waals surface area contributed by atoms with Gasteiger partial charge >= 0.3 is 0 Å². The van der Waals surface area contributed by atoms with Gasteiger partial charge in [0.2, 0.25) is 0 Å². The largest absolute Gasteiger partial charge is 0.495 e. The first-order valence-electron chi connectivity index (χ1n) is 9.49. The number of ether oxygens (including phenoxy) is 1. The molecule has 0 bridgehead atoms. The maximum atomic E-state index is 12.3. The van der Waals surface area contributed by atoms with E-state index in [1.807, 2.05) is 12.1 Å². The molecule has 0 unspecified atom stereocenters. The number of methoxy groups -OCH3 is 1. The Morgan fingerprint density at radius 1 is 1.10 bits per heavy atom. The van der Waals surface area contributed by atoms with Gasteiger partial charge in [-0.15, -0.1) is 0 Å². The third kappa shape index (κ3) is 7.20. The normalized spacial score (nSPS) is 10.5. The number of benzene rings is 2. The maximum absolute atomic E-state index is 12.3. The molecule has 0 saturated carbocycles. The van der Waals surface area contributed by atoms with Crippen molar-refractivity contribution in [3.05, 3.63) is 53.1 Å². The van der Waals surface area contributed by atoms with Crippen molar-refractivity contribution in [2.45, 2.75) is 13.8 Å². The number of likely N-dealkylation sites (N-methyl/N-ethyl adjacent to an activating group) is 1. The lowest BCUT2D eigenvalue weighted by Crippen LogP contribution is -2.34. The molecule has 29 heavy (non-hydrogen) atoms. The number of halogens is 1. The number of carbonyl (C=O) groups excluding carboxylic acids is 1. The van der Waals surface area contributed by atoms with Crippen LogP contribution in [0, 0.1) is 0 Å². The summed E-state index contributed by atoms with van der Waals surface area (Å²) < 4.78 is 5.30. The van der Waals surface area contributed by atoms with Crippen molar-refractivity contribution in [1.82, 2.24) is 10.2 Å². The second-order valence-corrected chi connectivity index (χ2v) is 7.13. The number of nitrogens with zero attached hydrogens (tertiary/aromatic N) is 1. The van der Waals surface area contributed by atoms with Crippen LogP contribution in [-0.4, -0.2) is 49.2 Å². The first-order valence-corrected chi connectivity index (χ1v) is 10.3. The van der Waals surface area contributed by atoms with E-state index in [9.17, 15) is 4.79 Å². The van der Waals surface area contributed by atoms with Crippen LogP contribution in [-0.2, 0) is 0 Å². The number of thiocarbonyl (C=S) groups is 1. The summed E-state index contributed by atoms with van der Waals surface area (Å²) in [7, 11) is 1.58. The van der Waals surface area contributed by atoms with Crippen LogP contribution >= 0.6 is 23.8 Å². The molecule has 0 radical (unpaired) electrons. The molecular weight excluding hydrogens is 408 g/mol. The van der Waals surface area contributed by atoms with E-state index in [1.54, 1.807) is 37.4 Å². The van der Waals surface area contributed by atoms with Gasteiger partial charge < -0.3 is 25.6 Å². The molecule has 3 N–H and O–H groups in total. The summed E-state index contributed by atoms with van der Waals surface area (Å²) in [6, 6.07) is 12.4. The standard InChI is InChI=1S/C21H27ClN4O2S/c1-4-26(5-2)13-12-23-20(27)15-6-9-17(10-7-15)24-21(29)25-18-14-16(22)8-11-19(18)28-3/h6-11,14H,4-5,12-13H2,1-3H3,(H,23,27)(H2,24,25,29). The van der Waals surface area contributed by atoms with E-state index < -0.39 is 0 Å². The minimum atomic E-state index is -0.0897. The molecule has 0 aliphatic heterocycles. The summed E-state index contributed by atoms with van der Waals surface area (Å²) in [5.74, 6) is 0.545. The summed E-state index contributed by atoms with van der Waals surface area (Å²) in [5, 5.41) is 10.1. The fourth-order valence-electron chi connectivity index (χ4n) is 2.74. The Labute approximate surface area is 182 Å². The van der Waals surface area contributed by atoms with Gasteiger partial charge in [-0.2, -0.15) is 0 Å². The average molecular weight is 435 g/mol. The molecular formula is C21H27ClN4O2S. The molecule has 8 heteroatoms. The van der Waals surface area contributed by atoms with E-state index in [0.29, 0.717) is 33.7 Å². The SMILES string of the molecule is CCN(CC)CCNC(=O)c1ccc(NC(=S)Nc2cc(Cl)ccc2OC)cc1. The van der Waals surface area contributed by atoms with Gasteiger partial charge in [0.25, 0.3) is 5.91 Å². The van der Waals surface area contributed by atoms with Crippen LogP contribution in [0.15, 0.2) is 42.5 Å². The Balaban J connectivity index is 1.89. The van der Waals surface area contributed by atoms with Gasteiger partial charge in [-0.05, 0) is 67.8 Å². The monoisotopic (exact) mass is 434 g/mol. The number of hydrogen-bond donors (Lipinski definition) is 3. The maximum Gasteiger partial charge on any atom is 0.251 e. The van der Waals surface area contributed by atoms with Crippen molar-refractivity contribution < 1.29 is 9.53 Å². The van der Waals surface area contributed by atoms with Gasteiger partial charge in [-0.25, -0.2) is 0 Å². The van der Waals surface area contributed by atoms with Crippen molar-refractivity contribution in [1.29, 1.82) is 0 Å². The Morgan fingerprint density at radius 2 is 1.79 bits per heavy atom. The first kappa shape index (κ1) is 22.9. The van der Waals surface area contributed by atoms with Gasteiger partial charge in [0, 0.05) is 29.4 Å². The summed E-state index contributed by atoms with van der Waals surface area (Å²) in [5.41, 5.74) is 2.04. The Hall–Kier alpha value is -2.35. The van der Waals surface area contributed by atoms with Crippen molar-refractivity contribution >= 4 is 46.2 Å². The third-order valence-corrected chi connectivity index (χ3v) is 4.86. The summed E-state index contributed by atoms with van der Waals surface area (Å²) in [4.78, 5) is 14.5. The van der Waals surface area contributed by atoms with Crippen molar-refractivity contribution in [2.75, 3.05) is 43.9 Å². The molecule has 0 atom stereocenters. The van der Waals surface area contributed by atoms with Crippen LogP contribution in [0.4, 0.5) is 11.4 Å². The fraction of sp³-hybridized carbons (Fsp3) is 0.333. The quantitative estimate of drug-likeness (QED) is 0.513. The van der Waals surface area contributed by atoms with Crippen LogP contribution in [0.25, 0.3) is 0 Å². The van der Waals surface area contributed by atoms with E-state index in [-0.39, 0.29) is 5.91 Å². The minimum Gasteiger partial charge on any atom is -0.495 e. The third-order valence-electron chi connectivity index (χ3n) is 4.42. The molecule has 1 amide bonds. The molecule has 0 aliphatic rings. The molecule has 0 saturated heterocycles. The molecule has 2 aromatic rings. The van der Waals surface area contributed by atoms with Crippen LogP contribution in [0.5, 0.6) is 5.75 Å². The van der Waals surface area contributed by atoms with E-state index in [2.05, 4.69) is 34.7 Å². The molecule has 6 nitrogen and oxygen atoms in total. The van der Waals surface area contributed by atoms with E-state index in [0.717, 1.165) is 25.3 Å². The highest BCUT2D eigenvalue weighted by atomic mass is 35.5. The first-order chi connectivity index (χ1) is 14.0. The topological polar surface area (TPSA) is 65.6 Å². The van der Waals surface area contributed by atoms with E-state index in [1.165, 1.54) is 0 Å². The Kier molecular flexibility index (Phi) is 9.18. The smallest absolute Gasteiger partial charge is 0.251 e. The number of anilines is 2. The Morgan fingerprint density at radius 3 is 2.41 bits per heavy atom. The van der Waals surface area contributed by atoms with E-state index in [4.69, 9.17) is 28.6 Å². The molecule has 0 spiro atoms. The summed E-state index contributed by atoms with van der Waals surface area (Å²) in [6.45, 7) is 7.63. The number of hydrogen-bond acceptors (Lipinski definition) is 4. The second kappa shape index (κ2) is 11.6. The fourth-order valence-corrected chi connectivity index (χ4v) is 3.14. The average Bonchev–Trinajstić information content (AvgIpc) is 2.71. The zero-order valence-electron chi connectivity index (χ0n) is 16.9. The van der Waals surface area contributed by atoms with Crippen molar-refractivity contribution in [3.8, 4) is 5.75 Å². The van der Waals surface area contributed by atoms with Crippen LogP contribution in [0.1, 0.15) is 24.2 Å². The highest BCUT2D eigenvalue weighted by molar-refractivity contribution is 7.80. The van der Waals surface area contributed by atoms with Gasteiger partial charge in [-0.1, -0.05) is 25.4 Å². The predicted molar refractivity (Wildman–Crippen MR) is 124 cm³/mol. The van der Waals surface area contributed by atoms with Crippen LogP contribution in [0.2, 0.25) is 5.02 Å². The van der Waals surface area contributed by atoms with Crippen LogP contribution < -0.4 is 20.7 Å². The zero-order valence-corrected chi connectivity index (χ0v) is 18.5. The highest BCUT2D eigenvalue weighted by Gasteiger charge is 2.08. The Bertz CT molecular complexity index is 826. The van der Waals surface area contributed by atoms with Gasteiger partial charge in [-0.3, -0.25) is 4.79 Å². The van der Waals surface area contributed by atoms with E-state index >= 15 is 0 Å². The molecule has 0 aromatic heterocycles. The molecule has 0 heterocycles. The predicted octanol–water partition coefficient (Wildman–Crippen LogP) is 4.23. The summed E-state index contributed by atoms with van der Waals surface area (Å²) in [6.07, 6.45) is 0. The second-order valence-electron chi connectivity index (χ2n) is 6.28. The highest BCUT2D eigenvalue weighted by Crippen LogP contribution is 2.27. The number of amides is 1. The molecule has 2 rings (SSSR count). The van der Waals surface area contributed by atoms with Crippen molar-refractivity contribution in [3.63, 3.8) is 0 Å². The lowest BCUT2D eigenvalue weighted by Gasteiger charge is -2.18. The lowest BCUT2D eigenvalue weighted by molar-refractivity contribution is 0.0949. The lowest BCUT2D eigenvalue weighted by atomic mass is 10.2. The minimum absolute atomic E-state index is 0.0897. The number of nitrogens with one attached hydrogen (secondary N) is 3. The molecule has 0 fully saturated rings. The number of carbonyl (C=O) groups is 1. The summed E-state index contributed by atoms with van der Waals surface area (Å²) >= 11 is 11.4. The molecule has 0 aliphatic carbocycles.